The van der Waals surface area contributed by atoms with Gasteiger partial charge in [0.15, 0.2) is 5.76 Å². The number of carbonyl (C=O) groups is 1. The van der Waals surface area contributed by atoms with Gasteiger partial charge in [-0.1, -0.05) is 42.0 Å². The average molecular weight is 236 g/mol. The van der Waals surface area contributed by atoms with Crippen LogP contribution in [0.1, 0.15) is 21.7 Å². The summed E-state index contributed by atoms with van der Waals surface area (Å²) in [6.45, 7) is 2.02. The summed E-state index contributed by atoms with van der Waals surface area (Å²) in [6, 6.07) is 16.9. The van der Waals surface area contributed by atoms with Crippen LogP contribution in [0.4, 0.5) is 0 Å². The van der Waals surface area contributed by atoms with Crippen molar-refractivity contribution in [2.24, 2.45) is 0 Å². The molecule has 1 aromatic heterocycles. The van der Waals surface area contributed by atoms with Crippen LogP contribution in [0.5, 0.6) is 0 Å². The van der Waals surface area contributed by atoms with Crippen LogP contribution in [0.2, 0.25) is 0 Å². The van der Waals surface area contributed by atoms with Gasteiger partial charge in [-0.2, -0.15) is 0 Å². The maximum atomic E-state index is 12.2. The third-order valence-corrected chi connectivity index (χ3v) is 2.93. The molecule has 2 nitrogen and oxygen atoms in total. The molecular formula is C16H12O2. The van der Waals surface area contributed by atoms with Crippen molar-refractivity contribution >= 4 is 16.8 Å². The highest BCUT2D eigenvalue weighted by Crippen LogP contribution is 2.22. The van der Waals surface area contributed by atoms with E-state index >= 15 is 0 Å². The lowest BCUT2D eigenvalue weighted by Crippen LogP contribution is -1.98. The van der Waals surface area contributed by atoms with Gasteiger partial charge in [-0.25, -0.2) is 0 Å². The molecular weight excluding hydrogens is 224 g/mol. The molecule has 0 fully saturated rings. The van der Waals surface area contributed by atoms with Crippen molar-refractivity contribution in [1.82, 2.24) is 0 Å². The molecule has 0 atom stereocenters. The summed E-state index contributed by atoms with van der Waals surface area (Å²) < 4.78 is 5.59. The molecule has 2 heteroatoms. The maximum Gasteiger partial charge on any atom is 0.228 e. The van der Waals surface area contributed by atoms with E-state index in [0.717, 1.165) is 16.5 Å². The van der Waals surface area contributed by atoms with Crippen LogP contribution < -0.4 is 0 Å². The third-order valence-electron chi connectivity index (χ3n) is 2.93. The fraction of sp³-hybridized carbons (Fsp3) is 0.0625. The lowest BCUT2D eigenvalue weighted by Gasteiger charge is -1.95. The minimum atomic E-state index is -0.0792. The van der Waals surface area contributed by atoms with Crippen LogP contribution in [-0.2, 0) is 0 Å². The van der Waals surface area contributed by atoms with E-state index in [0.29, 0.717) is 11.3 Å². The van der Waals surface area contributed by atoms with Gasteiger partial charge < -0.3 is 4.42 Å². The summed E-state index contributed by atoms with van der Waals surface area (Å²) in [4.78, 5) is 12.2. The van der Waals surface area contributed by atoms with Crippen molar-refractivity contribution in [1.29, 1.82) is 0 Å². The zero-order valence-corrected chi connectivity index (χ0v) is 10.0. The minimum Gasteiger partial charge on any atom is -0.453 e. The zero-order valence-electron chi connectivity index (χ0n) is 10.0. The molecule has 0 unspecified atom stereocenters. The van der Waals surface area contributed by atoms with Crippen molar-refractivity contribution in [3.05, 3.63) is 71.5 Å². The van der Waals surface area contributed by atoms with E-state index in [-0.39, 0.29) is 5.78 Å². The van der Waals surface area contributed by atoms with E-state index in [2.05, 4.69) is 0 Å². The van der Waals surface area contributed by atoms with Gasteiger partial charge in [0, 0.05) is 10.9 Å². The molecule has 1 heterocycles. The Balaban J connectivity index is 2.07. The van der Waals surface area contributed by atoms with E-state index < -0.39 is 0 Å². The molecule has 88 valence electrons. The van der Waals surface area contributed by atoms with Gasteiger partial charge >= 0.3 is 0 Å². The Morgan fingerprint density at radius 1 is 1.00 bits per heavy atom. The van der Waals surface area contributed by atoms with Crippen LogP contribution in [-0.4, -0.2) is 5.78 Å². The van der Waals surface area contributed by atoms with Crippen molar-refractivity contribution in [3.8, 4) is 0 Å². The summed E-state index contributed by atoms with van der Waals surface area (Å²) >= 11 is 0. The summed E-state index contributed by atoms with van der Waals surface area (Å²) in [5.41, 5.74) is 2.55. The minimum absolute atomic E-state index is 0.0792. The van der Waals surface area contributed by atoms with E-state index in [9.17, 15) is 4.79 Å². The van der Waals surface area contributed by atoms with E-state index in [1.165, 1.54) is 0 Å². The average Bonchev–Trinajstić information content (AvgIpc) is 2.81. The van der Waals surface area contributed by atoms with Gasteiger partial charge in [-0.15, -0.1) is 0 Å². The second-order valence-corrected chi connectivity index (χ2v) is 4.35. The predicted molar refractivity (Wildman–Crippen MR) is 70.8 cm³/mol. The SMILES string of the molecule is Cc1ccc2oc(C(=O)c3ccccc3)cc2c1. The van der Waals surface area contributed by atoms with Crippen LogP contribution in [0.25, 0.3) is 11.0 Å². The molecule has 0 aliphatic heterocycles. The quantitative estimate of drug-likeness (QED) is 0.630. The smallest absolute Gasteiger partial charge is 0.228 e. The Hall–Kier alpha value is -2.35. The molecule has 0 amide bonds. The first-order valence-corrected chi connectivity index (χ1v) is 5.84. The maximum absolute atomic E-state index is 12.2. The van der Waals surface area contributed by atoms with Gasteiger partial charge in [0.05, 0.1) is 0 Å². The van der Waals surface area contributed by atoms with E-state index in [1.54, 1.807) is 18.2 Å². The second kappa shape index (κ2) is 4.15. The molecule has 0 aliphatic rings. The Morgan fingerprint density at radius 2 is 1.78 bits per heavy atom. The van der Waals surface area contributed by atoms with Gasteiger partial charge in [0.25, 0.3) is 0 Å². The Morgan fingerprint density at radius 3 is 2.56 bits per heavy atom. The predicted octanol–water partition coefficient (Wildman–Crippen LogP) is 3.97. The van der Waals surface area contributed by atoms with Crippen molar-refractivity contribution in [2.75, 3.05) is 0 Å². The Kier molecular flexibility index (Phi) is 2.49. The number of carbonyl (C=O) groups excluding carboxylic acids is 1. The van der Waals surface area contributed by atoms with Gasteiger partial charge in [0.2, 0.25) is 5.78 Å². The Labute approximate surface area is 105 Å². The molecule has 0 bridgehead atoms. The van der Waals surface area contributed by atoms with E-state index in [1.807, 2.05) is 43.3 Å². The summed E-state index contributed by atoms with van der Waals surface area (Å²) in [7, 11) is 0. The number of fused-ring (bicyclic) bond motifs is 1. The fourth-order valence-corrected chi connectivity index (χ4v) is 2.01. The number of hydrogen-bond donors (Lipinski definition) is 0. The highest BCUT2D eigenvalue weighted by Gasteiger charge is 2.13. The number of rotatable bonds is 2. The summed E-state index contributed by atoms with van der Waals surface area (Å²) in [6.07, 6.45) is 0. The normalized spacial score (nSPS) is 10.7. The second-order valence-electron chi connectivity index (χ2n) is 4.35. The van der Waals surface area contributed by atoms with Crippen LogP contribution in [0.3, 0.4) is 0 Å². The van der Waals surface area contributed by atoms with Gasteiger partial charge in [0.1, 0.15) is 5.58 Å². The third kappa shape index (κ3) is 1.82. The van der Waals surface area contributed by atoms with Crippen LogP contribution >= 0.6 is 0 Å². The molecule has 0 N–H and O–H groups in total. The van der Waals surface area contributed by atoms with Gasteiger partial charge in [-0.05, 0) is 25.1 Å². The molecule has 2 aromatic carbocycles. The summed E-state index contributed by atoms with van der Waals surface area (Å²) in [5, 5.41) is 0.967. The molecule has 0 spiro atoms. The topological polar surface area (TPSA) is 30.2 Å². The van der Waals surface area contributed by atoms with Crippen molar-refractivity contribution in [3.63, 3.8) is 0 Å². The first-order valence-electron chi connectivity index (χ1n) is 5.84. The molecule has 3 rings (SSSR count). The number of ketones is 1. The van der Waals surface area contributed by atoms with Crippen LogP contribution in [0, 0.1) is 6.92 Å². The number of furan rings is 1. The fourth-order valence-electron chi connectivity index (χ4n) is 2.01. The highest BCUT2D eigenvalue weighted by atomic mass is 16.3. The Bertz CT molecular complexity index is 708. The lowest BCUT2D eigenvalue weighted by atomic mass is 10.1. The van der Waals surface area contributed by atoms with Crippen LogP contribution in [0.15, 0.2) is 59.0 Å². The molecule has 0 radical (unpaired) electrons. The number of hydrogen-bond acceptors (Lipinski definition) is 2. The molecule has 0 aliphatic carbocycles. The highest BCUT2D eigenvalue weighted by molar-refractivity contribution is 6.08. The standard InChI is InChI=1S/C16H12O2/c1-11-7-8-14-13(9-11)10-15(18-14)16(17)12-5-3-2-4-6-12/h2-10H,1H3. The summed E-state index contributed by atoms with van der Waals surface area (Å²) in [5.74, 6) is 0.311. The van der Waals surface area contributed by atoms with Crippen molar-refractivity contribution < 1.29 is 9.21 Å². The molecule has 3 aromatic rings. The number of benzene rings is 2. The number of aryl methyl sites for hydroxylation is 1. The lowest BCUT2D eigenvalue weighted by molar-refractivity contribution is 0.101. The largest absolute Gasteiger partial charge is 0.453 e. The zero-order chi connectivity index (χ0) is 12.5. The first kappa shape index (κ1) is 10.8. The molecule has 0 saturated heterocycles. The van der Waals surface area contributed by atoms with E-state index in [4.69, 9.17) is 4.42 Å². The van der Waals surface area contributed by atoms with Crippen molar-refractivity contribution in [2.45, 2.75) is 6.92 Å². The first-order chi connectivity index (χ1) is 8.74. The van der Waals surface area contributed by atoms with Gasteiger partial charge in [-0.3, -0.25) is 4.79 Å². The molecule has 18 heavy (non-hydrogen) atoms. The molecule has 0 saturated carbocycles. The monoisotopic (exact) mass is 236 g/mol.